The lowest BCUT2D eigenvalue weighted by Gasteiger charge is -2.24. The number of rotatable bonds is 4. The molecule has 1 saturated carbocycles. The van der Waals surface area contributed by atoms with Gasteiger partial charge in [0.25, 0.3) is 5.91 Å². The Bertz CT molecular complexity index is 478. The van der Waals surface area contributed by atoms with E-state index >= 15 is 0 Å². The summed E-state index contributed by atoms with van der Waals surface area (Å²) in [5, 5.41) is 2.69. The number of primary amides is 1. The number of thiazole rings is 1. The maximum absolute atomic E-state index is 11.1. The van der Waals surface area contributed by atoms with Gasteiger partial charge < -0.3 is 15.5 Å². The predicted molar refractivity (Wildman–Crippen MR) is 83.8 cm³/mol. The number of likely N-dealkylation sites (N-methyl/N-ethyl adjacent to an activating group) is 1. The summed E-state index contributed by atoms with van der Waals surface area (Å²) in [5.74, 6) is 1.17. The fourth-order valence-corrected chi connectivity index (χ4v) is 3.86. The first-order valence-corrected chi connectivity index (χ1v) is 7.61. The summed E-state index contributed by atoms with van der Waals surface area (Å²) in [6.45, 7) is 2.05. The quantitative estimate of drug-likeness (QED) is 0.913. The second kappa shape index (κ2) is 5.87. The number of amides is 1. The number of aromatic nitrogens is 1. The monoisotopic (exact) mass is 316 g/mol. The van der Waals surface area contributed by atoms with Crippen molar-refractivity contribution in [2.75, 3.05) is 32.1 Å². The van der Waals surface area contributed by atoms with Crippen LogP contribution in [0.25, 0.3) is 0 Å². The lowest BCUT2D eigenvalue weighted by atomic mass is 9.97. The van der Waals surface area contributed by atoms with Crippen molar-refractivity contribution < 1.29 is 4.79 Å². The molecule has 1 aromatic rings. The van der Waals surface area contributed by atoms with Gasteiger partial charge in [-0.15, -0.1) is 23.7 Å². The highest BCUT2D eigenvalue weighted by Gasteiger charge is 2.43. The zero-order valence-electron chi connectivity index (χ0n) is 11.8. The van der Waals surface area contributed by atoms with Crippen molar-refractivity contribution in [1.29, 1.82) is 0 Å². The average molecular weight is 317 g/mol. The van der Waals surface area contributed by atoms with Crippen molar-refractivity contribution in [3.05, 3.63) is 11.1 Å². The summed E-state index contributed by atoms with van der Waals surface area (Å²) in [4.78, 5) is 20.1. The number of hydrogen-bond donors (Lipinski definition) is 1. The van der Waals surface area contributed by atoms with Crippen molar-refractivity contribution in [1.82, 2.24) is 9.88 Å². The molecule has 0 bridgehead atoms. The van der Waals surface area contributed by atoms with Crippen molar-refractivity contribution in [3.63, 3.8) is 0 Å². The molecule has 7 heteroatoms. The van der Waals surface area contributed by atoms with Gasteiger partial charge in [-0.05, 0) is 38.8 Å². The number of nitrogens with two attached hydrogens (primary N) is 1. The van der Waals surface area contributed by atoms with Crippen LogP contribution in [0.1, 0.15) is 23.3 Å². The second-order valence-corrected chi connectivity index (χ2v) is 6.65. The Kier molecular flexibility index (Phi) is 4.56. The summed E-state index contributed by atoms with van der Waals surface area (Å²) in [5.41, 5.74) is 5.65. The maximum atomic E-state index is 11.1. The minimum atomic E-state index is -0.440. The zero-order valence-corrected chi connectivity index (χ0v) is 13.4. The predicted octanol–water partition coefficient (Wildman–Crippen LogP) is 1.44. The summed E-state index contributed by atoms with van der Waals surface area (Å²) in [6, 6.07) is 0.591. The first-order valence-electron chi connectivity index (χ1n) is 6.73. The van der Waals surface area contributed by atoms with Gasteiger partial charge in [0.05, 0.1) is 0 Å². The van der Waals surface area contributed by atoms with Gasteiger partial charge in [-0.1, -0.05) is 0 Å². The third-order valence-electron chi connectivity index (χ3n) is 4.24. The fourth-order valence-electron chi connectivity index (χ4n) is 3.02. The fraction of sp³-hybridized carbons (Fsp3) is 0.692. The van der Waals surface area contributed by atoms with Crippen LogP contribution in [0.2, 0.25) is 0 Å². The summed E-state index contributed by atoms with van der Waals surface area (Å²) in [7, 11) is 4.31. The van der Waals surface area contributed by atoms with Crippen molar-refractivity contribution in [2.45, 2.75) is 18.9 Å². The van der Waals surface area contributed by atoms with E-state index in [1.54, 1.807) is 5.38 Å². The molecule has 0 aromatic carbocycles. The molecule has 112 valence electrons. The standard InChI is InChI=1S/C13H20N4OS.ClH/c1-16(2)11-6-17(5-9(11)8-3-4-8)13-15-10(7-19-13)12(14)18;/h7-9,11H,3-6H2,1-2H3,(H2,14,18);1H/t9-,11+;/m1./s1. The normalized spacial score (nSPS) is 25.9. The van der Waals surface area contributed by atoms with Gasteiger partial charge in [-0.3, -0.25) is 4.79 Å². The molecule has 1 aliphatic heterocycles. The Morgan fingerprint density at radius 2 is 2.15 bits per heavy atom. The van der Waals surface area contributed by atoms with Crippen LogP contribution in [0, 0.1) is 11.8 Å². The molecule has 0 unspecified atom stereocenters. The summed E-state index contributed by atoms with van der Waals surface area (Å²) >= 11 is 1.52. The molecule has 0 radical (unpaired) electrons. The first-order chi connectivity index (χ1) is 9.06. The molecule has 1 aliphatic carbocycles. The Balaban J connectivity index is 0.00000147. The van der Waals surface area contributed by atoms with Gasteiger partial charge in [0.1, 0.15) is 5.69 Å². The minimum Gasteiger partial charge on any atom is -0.364 e. The van der Waals surface area contributed by atoms with Gasteiger partial charge in [0, 0.05) is 24.5 Å². The van der Waals surface area contributed by atoms with Crippen LogP contribution in [0.5, 0.6) is 0 Å². The molecule has 2 aliphatic rings. The molecule has 2 N–H and O–H groups in total. The largest absolute Gasteiger partial charge is 0.364 e. The van der Waals surface area contributed by atoms with Crippen LogP contribution in [-0.2, 0) is 0 Å². The van der Waals surface area contributed by atoms with E-state index in [9.17, 15) is 4.79 Å². The highest BCUT2D eigenvalue weighted by atomic mass is 35.5. The van der Waals surface area contributed by atoms with Gasteiger partial charge in [-0.25, -0.2) is 4.98 Å². The van der Waals surface area contributed by atoms with Crippen molar-refractivity contribution >= 4 is 34.8 Å². The SMILES string of the molecule is CN(C)[C@H]1CN(c2nc(C(N)=O)cs2)C[C@@H]1C1CC1.Cl. The Morgan fingerprint density at radius 1 is 1.45 bits per heavy atom. The van der Waals surface area contributed by atoms with Crippen LogP contribution in [-0.4, -0.2) is 49.0 Å². The van der Waals surface area contributed by atoms with Gasteiger partial charge in [0.2, 0.25) is 0 Å². The number of nitrogens with zero attached hydrogens (tertiary/aromatic N) is 3. The van der Waals surface area contributed by atoms with Gasteiger partial charge in [-0.2, -0.15) is 0 Å². The molecular weight excluding hydrogens is 296 g/mol. The summed E-state index contributed by atoms with van der Waals surface area (Å²) in [6.07, 6.45) is 2.74. The van der Waals surface area contributed by atoms with E-state index in [1.807, 2.05) is 0 Å². The van der Waals surface area contributed by atoms with Crippen LogP contribution in [0.4, 0.5) is 5.13 Å². The summed E-state index contributed by atoms with van der Waals surface area (Å²) < 4.78 is 0. The minimum absolute atomic E-state index is 0. The van der Waals surface area contributed by atoms with E-state index in [4.69, 9.17) is 5.73 Å². The van der Waals surface area contributed by atoms with Crippen LogP contribution in [0.3, 0.4) is 0 Å². The van der Waals surface area contributed by atoms with Gasteiger partial charge in [0.15, 0.2) is 5.13 Å². The Morgan fingerprint density at radius 3 is 2.65 bits per heavy atom. The Labute approximate surface area is 129 Å². The van der Waals surface area contributed by atoms with Crippen LogP contribution >= 0.6 is 23.7 Å². The molecule has 5 nitrogen and oxygen atoms in total. The van der Waals surface area contributed by atoms with Crippen LogP contribution < -0.4 is 10.6 Å². The number of halogens is 1. The molecule has 1 aromatic heterocycles. The molecule has 3 rings (SSSR count). The lowest BCUT2D eigenvalue weighted by molar-refractivity contribution is 0.0996. The zero-order chi connectivity index (χ0) is 13.6. The van der Waals surface area contributed by atoms with Crippen LogP contribution in [0.15, 0.2) is 5.38 Å². The van der Waals surface area contributed by atoms with Crippen molar-refractivity contribution in [2.24, 2.45) is 17.6 Å². The van der Waals surface area contributed by atoms with Crippen molar-refractivity contribution in [3.8, 4) is 0 Å². The molecule has 2 fully saturated rings. The van der Waals surface area contributed by atoms with E-state index in [1.165, 1.54) is 24.2 Å². The molecular formula is C13H21ClN4OS. The molecule has 20 heavy (non-hydrogen) atoms. The first kappa shape index (κ1) is 15.5. The van der Waals surface area contributed by atoms with E-state index in [2.05, 4.69) is 28.9 Å². The highest BCUT2D eigenvalue weighted by molar-refractivity contribution is 7.13. The average Bonchev–Trinajstić information content (AvgIpc) is 2.93. The number of carbonyl (C=O) groups excluding carboxylic acids is 1. The third kappa shape index (κ3) is 2.92. The molecule has 2 heterocycles. The number of hydrogen-bond acceptors (Lipinski definition) is 5. The molecule has 0 spiro atoms. The molecule has 1 saturated heterocycles. The molecule has 1 amide bonds. The van der Waals surface area contributed by atoms with E-state index in [0.717, 1.165) is 30.1 Å². The lowest BCUT2D eigenvalue weighted by Crippen LogP contribution is -2.36. The second-order valence-electron chi connectivity index (χ2n) is 5.82. The highest BCUT2D eigenvalue weighted by Crippen LogP contribution is 2.43. The number of anilines is 1. The topological polar surface area (TPSA) is 62.5 Å². The smallest absolute Gasteiger partial charge is 0.268 e. The van der Waals surface area contributed by atoms with E-state index in [0.29, 0.717) is 11.7 Å². The number of carbonyl (C=O) groups is 1. The van der Waals surface area contributed by atoms with E-state index < -0.39 is 5.91 Å². The van der Waals surface area contributed by atoms with Gasteiger partial charge >= 0.3 is 0 Å². The molecule has 2 atom stereocenters. The Hall–Kier alpha value is -0.850. The van der Waals surface area contributed by atoms with E-state index in [-0.39, 0.29) is 12.4 Å². The third-order valence-corrected chi connectivity index (χ3v) is 5.14. The maximum Gasteiger partial charge on any atom is 0.268 e.